The highest BCUT2D eigenvalue weighted by molar-refractivity contribution is 7.80. The van der Waals surface area contributed by atoms with Crippen molar-refractivity contribution >= 4 is 16.3 Å². The molecule has 1 rings (SSSR count). The maximum atomic E-state index is 13.1. The van der Waals surface area contributed by atoms with Gasteiger partial charge in [0.1, 0.15) is 30.5 Å². The summed E-state index contributed by atoms with van der Waals surface area (Å²) in [6.07, 6.45) is 29.2. The van der Waals surface area contributed by atoms with E-state index in [-0.39, 0.29) is 6.42 Å². The maximum Gasteiger partial charge on any atom is 0.397 e. The van der Waals surface area contributed by atoms with Gasteiger partial charge in [0.15, 0.2) is 6.29 Å². The van der Waals surface area contributed by atoms with Gasteiger partial charge in [0, 0.05) is 0 Å². The molecule has 0 aromatic rings. The van der Waals surface area contributed by atoms with Crippen molar-refractivity contribution in [3.63, 3.8) is 0 Å². The average Bonchev–Trinajstić information content (AvgIpc) is 3.22. The summed E-state index contributed by atoms with van der Waals surface area (Å²) in [5, 5.41) is 55.4. The molecule has 1 heterocycles. The lowest BCUT2D eigenvalue weighted by atomic mass is 9.99. The standard InChI is InChI=1S/C46H87NO12S/c1-3-5-7-9-11-13-15-17-19-21-23-25-27-29-31-33-35-40(50)45(53)47-38(37-57-46-43(52)44(59-60(54,55)56)42(51)41(36-48)58-46)39(49)34-32-30-28-26-24-22-20-18-16-14-12-10-8-6-4-2/h11,13,17,19,38-44,46,48-52H,3-10,12,14-16,18,20-37H2,1-2H3,(H,47,53)(H,54,55,56)/b13-11-,19-17-. The Morgan fingerprint density at radius 1 is 0.667 bits per heavy atom. The molecular weight excluding hydrogens is 791 g/mol. The van der Waals surface area contributed by atoms with Gasteiger partial charge < -0.3 is 40.3 Å². The lowest BCUT2D eigenvalue weighted by Gasteiger charge is -2.41. The van der Waals surface area contributed by atoms with Gasteiger partial charge in [0.05, 0.1) is 25.4 Å². The number of rotatable bonds is 40. The molecule has 1 aliphatic rings. The fourth-order valence-electron chi connectivity index (χ4n) is 7.55. The van der Waals surface area contributed by atoms with E-state index in [4.69, 9.17) is 9.47 Å². The van der Waals surface area contributed by atoms with Crippen molar-refractivity contribution in [2.24, 2.45) is 0 Å². The number of aliphatic hydroxyl groups is 5. The summed E-state index contributed by atoms with van der Waals surface area (Å²) >= 11 is 0. The Kier molecular flexibility index (Phi) is 34.8. The van der Waals surface area contributed by atoms with Crippen molar-refractivity contribution in [1.29, 1.82) is 0 Å². The molecular formula is C46H87NO12S. The molecule has 0 spiro atoms. The molecule has 8 unspecified atom stereocenters. The van der Waals surface area contributed by atoms with Crippen LogP contribution < -0.4 is 5.32 Å². The second-order valence-corrected chi connectivity index (χ2v) is 17.9. The third kappa shape index (κ3) is 29.0. The van der Waals surface area contributed by atoms with Crippen LogP contribution in [0.15, 0.2) is 24.3 Å². The van der Waals surface area contributed by atoms with Gasteiger partial charge >= 0.3 is 10.4 Å². The number of aliphatic hydroxyl groups excluding tert-OH is 5. The summed E-state index contributed by atoms with van der Waals surface area (Å²) in [7, 11) is -5.11. The SMILES string of the molecule is CCCCC/C=C\C/C=C\CCCCCCCCC(O)C(=O)NC(COC1OC(CO)C(O)C(OS(=O)(=O)O)C1O)C(O)CCCCCCCCCCCCCCCCC. The minimum atomic E-state index is -5.11. The minimum Gasteiger partial charge on any atom is -0.394 e. The van der Waals surface area contributed by atoms with Crippen molar-refractivity contribution in [3.8, 4) is 0 Å². The fraction of sp³-hybridized carbons (Fsp3) is 0.891. The first-order valence-corrected chi connectivity index (χ1v) is 25.2. The van der Waals surface area contributed by atoms with Crippen LogP contribution in [-0.4, -0.2) is 107 Å². The van der Waals surface area contributed by atoms with Gasteiger partial charge in [0.25, 0.3) is 0 Å². The third-order valence-electron chi connectivity index (χ3n) is 11.4. The zero-order valence-electron chi connectivity index (χ0n) is 37.4. The molecule has 1 aliphatic heterocycles. The molecule has 13 nitrogen and oxygen atoms in total. The van der Waals surface area contributed by atoms with E-state index in [1.807, 2.05) is 0 Å². The number of amides is 1. The van der Waals surface area contributed by atoms with E-state index in [9.17, 15) is 43.3 Å². The van der Waals surface area contributed by atoms with E-state index in [2.05, 4.69) is 47.7 Å². The molecule has 1 amide bonds. The van der Waals surface area contributed by atoms with E-state index >= 15 is 0 Å². The van der Waals surface area contributed by atoms with Gasteiger partial charge in [0.2, 0.25) is 5.91 Å². The van der Waals surface area contributed by atoms with E-state index in [1.165, 1.54) is 89.9 Å². The summed E-state index contributed by atoms with van der Waals surface area (Å²) in [6, 6.07) is -1.04. The van der Waals surface area contributed by atoms with Crippen LogP contribution in [0.25, 0.3) is 0 Å². The van der Waals surface area contributed by atoms with Crippen molar-refractivity contribution in [2.45, 2.75) is 249 Å². The number of nitrogens with one attached hydrogen (secondary N) is 1. The predicted molar refractivity (Wildman–Crippen MR) is 238 cm³/mol. The number of hydrogen-bond donors (Lipinski definition) is 7. The van der Waals surface area contributed by atoms with Gasteiger partial charge in [-0.3, -0.25) is 9.35 Å². The van der Waals surface area contributed by atoms with Crippen LogP contribution in [0.2, 0.25) is 0 Å². The maximum absolute atomic E-state index is 13.1. The van der Waals surface area contributed by atoms with Crippen LogP contribution in [-0.2, 0) is 28.9 Å². The Balaban J connectivity index is 2.56. The van der Waals surface area contributed by atoms with Crippen molar-refractivity contribution < 1.29 is 57.0 Å². The topological polar surface area (TPSA) is 212 Å². The zero-order valence-corrected chi connectivity index (χ0v) is 38.2. The van der Waals surface area contributed by atoms with Crippen LogP contribution in [0, 0.1) is 0 Å². The van der Waals surface area contributed by atoms with Gasteiger partial charge in [-0.15, -0.1) is 0 Å². The predicted octanol–water partition coefficient (Wildman–Crippen LogP) is 8.30. The summed E-state index contributed by atoms with van der Waals surface area (Å²) in [5.41, 5.74) is 0. The third-order valence-corrected chi connectivity index (χ3v) is 11.8. The Morgan fingerprint density at radius 2 is 1.12 bits per heavy atom. The molecule has 354 valence electrons. The molecule has 0 bridgehead atoms. The molecule has 0 aromatic carbocycles. The molecule has 8 atom stereocenters. The highest BCUT2D eigenvalue weighted by atomic mass is 32.3. The Bertz CT molecular complexity index is 1190. The second-order valence-electron chi connectivity index (χ2n) is 16.8. The van der Waals surface area contributed by atoms with E-state index in [0.717, 1.165) is 70.6 Å². The first-order valence-electron chi connectivity index (χ1n) is 23.8. The van der Waals surface area contributed by atoms with Crippen LogP contribution >= 0.6 is 0 Å². The fourth-order valence-corrected chi connectivity index (χ4v) is 8.06. The van der Waals surface area contributed by atoms with Gasteiger partial charge in [-0.05, 0) is 44.9 Å². The molecule has 7 N–H and O–H groups in total. The van der Waals surface area contributed by atoms with Crippen LogP contribution in [0.5, 0.6) is 0 Å². The van der Waals surface area contributed by atoms with E-state index in [1.54, 1.807) is 0 Å². The number of ether oxygens (including phenoxy) is 2. The number of hydrogen-bond acceptors (Lipinski definition) is 11. The lowest BCUT2D eigenvalue weighted by Crippen LogP contribution is -2.61. The summed E-state index contributed by atoms with van der Waals surface area (Å²) < 4.78 is 47.6. The highest BCUT2D eigenvalue weighted by Gasteiger charge is 2.48. The number of allylic oxidation sites excluding steroid dienone is 4. The second kappa shape index (κ2) is 37.0. The molecule has 14 heteroatoms. The van der Waals surface area contributed by atoms with E-state index < -0.39 is 78.5 Å². The number of carbonyl (C=O) groups excluding carboxylic acids is 1. The first kappa shape index (κ1) is 56.6. The molecule has 1 saturated heterocycles. The monoisotopic (exact) mass is 878 g/mol. The van der Waals surface area contributed by atoms with E-state index in [0.29, 0.717) is 19.3 Å². The summed E-state index contributed by atoms with van der Waals surface area (Å²) in [5.74, 6) is -0.678. The van der Waals surface area contributed by atoms with Crippen LogP contribution in [0.4, 0.5) is 0 Å². The van der Waals surface area contributed by atoms with Crippen LogP contribution in [0.3, 0.4) is 0 Å². The van der Waals surface area contributed by atoms with Crippen molar-refractivity contribution in [2.75, 3.05) is 13.2 Å². The molecule has 1 fully saturated rings. The lowest BCUT2D eigenvalue weighted by molar-refractivity contribution is -0.298. The summed E-state index contributed by atoms with van der Waals surface area (Å²) in [4.78, 5) is 13.1. The van der Waals surface area contributed by atoms with Gasteiger partial charge in [-0.25, -0.2) is 4.18 Å². The molecule has 0 saturated carbocycles. The van der Waals surface area contributed by atoms with Gasteiger partial charge in [-0.1, -0.05) is 179 Å². The van der Waals surface area contributed by atoms with Crippen molar-refractivity contribution in [1.82, 2.24) is 5.32 Å². The smallest absolute Gasteiger partial charge is 0.394 e. The molecule has 0 aromatic heterocycles. The normalized spacial score (nSPS) is 21.5. The largest absolute Gasteiger partial charge is 0.397 e. The molecule has 0 radical (unpaired) electrons. The first-order chi connectivity index (χ1) is 28.9. The van der Waals surface area contributed by atoms with Crippen LogP contribution in [0.1, 0.15) is 200 Å². The number of unbranched alkanes of at least 4 members (excludes halogenated alkanes) is 23. The molecule has 60 heavy (non-hydrogen) atoms. The average molecular weight is 878 g/mol. The summed E-state index contributed by atoms with van der Waals surface area (Å²) in [6.45, 7) is 3.25. The highest BCUT2D eigenvalue weighted by Crippen LogP contribution is 2.26. The minimum absolute atomic E-state index is 0.248. The van der Waals surface area contributed by atoms with Gasteiger partial charge in [-0.2, -0.15) is 8.42 Å². The number of carbonyl (C=O) groups is 1. The Morgan fingerprint density at radius 3 is 1.62 bits per heavy atom. The Labute approximate surface area is 364 Å². The Hall–Kier alpha value is -1.46. The quantitative estimate of drug-likeness (QED) is 0.0176. The zero-order chi connectivity index (χ0) is 44.3. The molecule has 0 aliphatic carbocycles. The van der Waals surface area contributed by atoms with Crippen molar-refractivity contribution in [3.05, 3.63) is 24.3 Å².